The summed E-state index contributed by atoms with van der Waals surface area (Å²) in [4.78, 5) is 2.40. The van der Waals surface area contributed by atoms with Gasteiger partial charge in [0.15, 0.2) is 0 Å². The third-order valence-corrected chi connectivity index (χ3v) is 2.77. The van der Waals surface area contributed by atoms with Gasteiger partial charge in [-0.15, -0.1) is 0 Å². The molecule has 1 rings (SSSR count). The Kier molecular flexibility index (Phi) is 2.79. The predicted molar refractivity (Wildman–Crippen MR) is 51.2 cm³/mol. The molecule has 12 heavy (non-hydrogen) atoms. The Morgan fingerprint density at radius 1 is 1.42 bits per heavy atom. The van der Waals surface area contributed by atoms with Crippen molar-refractivity contribution in [2.75, 3.05) is 6.54 Å². The molecule has 1 aliphatic rings. The van der Waals surface area contributed by atoms with Gasteiger partial charge in [0.2, 0.25) is 0 Å². The van der Waals surface area contributed by atoms with Crippen LogP contribution >= 0.6 is 0 Å². The van der Waals surface area contributed by atoms with Crippen molar-refractivity contribution in [3.05, 3.63) is 0 Å². The molecule has 1 fully saturated rings. The summed E-state index contributed by atoms with van der Waals surface area (Å²) in [5.74, 6) is 0. The lowest BCUT2D eigenvalue weighted by Crippen LogP contribution is -2.48. The number of hydrogen-bond acceptors (Lipinski definition) is 2. The molecular weight excluding hydrogens is 150 g/mol. The van der Waals surface area contributed by atoms with E-state index < -0.39 is 5.60 Å². The van der Waals surface area contributed by atoms with Crippen LogP contribution in [-0.4, -0.2) is 34.2 Å². The molecular formula is C10H21NO. The molecule has 0 aliphatic carbocycles. The lowest BCUT2D eigenvalue weighted by Gasteiger charge is -2.36. The molecule has 0 bridgehead atoms. The van der Waals surface area contributed by atoms with Gasteiger partial charge in [0.25, 0.3) is 0 Å². The minimum Gasteiger partial charge on any atom is -0.389 e. The molecule has 1 saturated heterocycles. The first-order valence-corrected chi connectivity index (χ1v) is 4.91. The Morgan fingerprint density at radius 2 is 2.00 bits per heavy atom. The molecule has 0 aromatic rings. The number of hydrogen-bond donors (Lipinski definition) is 1. The van der Waals surface area contributed by atoms with Crippen LogP contribution in [0.2, 0.25) is 0 Å². The lowest BCUT2D eigenvalue weighted by molar-refractivity contribution is -0.0122. The summed E-state index contributed by atoms with van der Waals surface area (Å²) in [6.07, 6.45) is 2.37. The van der Waals surface area contributed by atoms with Crippen molar-refractivity contribution in [2.45, 2.75) is 58.2 Å². The normalized spacial score (nSPS) is 27.0. The van der Waals surface area contributed by atoms with Gasteiger partial charge in [-0.1, -0.05) is 0 Å². The highest BCUT2D eigenvalue weighted by Gasteiger charge is 2.36. The van der Waals surface area contributed by atoms with Crippen LogP contribution in [0.15, 0.2) is 0 Å². The average molecular weight is 171 g/mol. The molecule has 1 atom stereocenters. The van der Waals surface area contributed by atoms with Gasteiger partial charge in [0, 0.05) is 12.1 Å². The van der Waals surface area contributed by atoms with Crippen molar-refractivity contribution in [1.29, 1.82) is 0 Å². The zero-order valence-electron chi connectivity index (χ0n) is 8.67. The van der Waals surface area contributed by atoms with E-state index in [4.69, 9.17) is 0 Å². The van der Waals surface area contributed by atoms with E-state index in [0.717, 1.165) is 13.0 Å². The molecule has 72 valence electrons. The summed E-state index contributed by atoms with van der Waals surface area (Å²) in [6.45, 7) is 9.37. The van der Waals surface area contributed by atoms with E-state index in [9.17, 15) is 5.11 Å². The molecule has 0 amide bonds. The van der Waals surface area contributed by atoms with E-state index in [1.54, 1.807) is 0 Å². The molecule has 1 N–H and O–H groups in total. The summed E-state index contributed by atoms with van der Waals surface area (Å²) in [6, 6.07) is 0.918. The van der Waals surface area contributed by atoms with E-state index >= 15 is 0 Å². The highest BCUT2D eigenvalue weighted by molar-refractivity contribution is 4.91. The Hall–Kier alpha value is -0.0800. The van der Waals surface area contributed by atoms with Crippen LogP contribution in [-0.2, 0) is 0 Å². The van der Waals surface area contributed by atoms with Crippen molar-refractivity contribution in [3.63, 3.8) is 0 Å². The summed E-state index contributed by atoms with van der Waals surface area (Å²) >= 11 is 0. The number of nitrogens with zero attached hydrogens (tertiary/aromatic N) is 1. The second-order valence-corrected chi connectivity index (χ2v) is 4.64. The van der Waals surface area contributed by atoms with Crippen molar-refractivity contribution in [2.24, 2.45) is 0 Å². The van der Waals surface area contributed by atoms with Gasteiger partial charge < -0.3 is 5.11 Å². The van der Waals surface area contributed by atoms with Crippen LogP contribution in [0.1, 0.15) is 40.5 Å². The Balaban J connectivity index is 2.64. The lowest BCUT2D eigenvalue weighted by atomic mass is 9.96. The maximum atomic E-state index is 9.90. The highest BCUT2D eigenvalue weighted by atomic mass is 16.3. The fourth-order valence-electron chi connectivity index (χ4n) is 2.17. The molecule has 2 heteroatoms. The zero-order chi connectivity index (χ0) is 9.35. The zero-order valence-corrected chi connectivity index (χ0v) is 8.67. The maximum Gasteiger partial charge on any atom is 0.0746 e. The van der Waals surface area contributed by atoms with Crippen molar-refractivity contribution < 1.29 is 5.11 Å². The molecule has 1 heterocycles. The smallest absolute Gasteiger partial charge is 0.0746 e. The van der Waals surface area contributed by atoms with Gasteiger partial charge >= 0.3 is 0 Å². The molecule has 1 aliphatic heterocycles. The number of likely N-dealkylation sites (tertiary alicyclic amines) is 1. The summed E-state index contributed by atoms with van der Waals surface area (Å²) in [5, 5.41) is 9.90. The molecule has 0 aromatic carbocycles. The molecule has 2 nitrogen and oxygen atoms in total. The fraction of sp³-hybridized carbons (Fsp3) is 1.00. The van der Waals surface area contributed by atoms with E-state index in [0.29, 0.717) is 12.1 Å². The first-order chi connectivity index (χ1) is 5.43. The number of aliphatic hydroxyl groups is 1. The topological polar surface area (TPSA) is 23.5 Å². The molecule has 0 radical (unpaired) electrons. The maximum absolute atomic E-state index is 9.90. The highest BCUT2D eigenvalue weighted by Crippen LogP contribution is 2.28. The Labute approximate surface area is 75.6 Å². The van der Waals surface area contributed by atoms with E-state index in [1.165, 1.54) is 6.42 Å². The Morgan fingerprint density at radius 3 is 2.33 bits per heavy atom. The monoisotopic (exact) mass is 171 g/mol. The van der Waals surface area contributed by atoms with Crippen LogP contribution in [0.25, 0.3) is 0 Å². The molecule has 0 spiro atoms. The molecule has 0 aromatic heterocycles. The van der Waals surface area contributed by atoms with Crippen molar-refractivity contribution in [3.8, 4) is 0 Å². The number of rotatable bonds is 2. The minimum absolute atomic E-state index is 0.359. The second-order valence-electron chi connectivity index (χ2n) is 4.64. The fourth-order valence-corrected chi connectivity index (χ4v) is 2.17. The first kappa shape index (κ1) is 10.0. The van der Waals surface area contributed by atoms with Gasteiger partial charge in [0.1, 0.15) is 0 Å². The molecule has 0 saturated carbocycles. The van der Waals surface area contributed by atoms with Crippen LogP contribution in [0.5, 0.6) is 0 Å². The predicted octanol–water partition coefficient (Wildman–Crippen LogP) is 1.63. The minimum atomic E-state index is -0.541. The summed E-state index contributed by atoms with van der Waals surface area (Å²) < 4.78 is 0. The van der Waals surface area contributed by atoms with Crippen LogP contribution in [0.3, 0.4) is 0 Å². The van der Waals surface area contributed by atoms with Gasteiger partial charge in [-0.3, -0.25) is 4.90 Å². The van der Waals surface area contributed by atoms with Crippen molar-refractivity contribution in [1.82, 2.24) is 4.90 Å². The third-order valence-electron chi connectivity index (χ3n) is 2.77. The first-order valence-electron chi connectivity index (χ1n) is 4.91. The van der Waals surface area contributed by atoms with Gasteiger partial charge in [-0.25, -0.2) is 0 Å². The van der Waals surface area contributed by atoms with Crippen molar-refractivity contribution >= 4 is 0 Å². The van der Waals surface area contributed by atoms with E-state index in [1.807, 2.05) is 13.8 Å². The third kappa shape index (κ3) is 1.99. The average Bonchev–Trinajstić information content (AvgIpc) is 2.30. The summed E-state index contributed by atoms with van der Waals surface area (Å²) in [7, 11) is 0. The second kappa shape index (κ2) is 3.35. The summed E-state index contributed by atoms with van der Waals surface area (Å²) in [5.41, 5.74) is -0.541. The quantitative estimate of drug-likeness (QED) is 0.682. The molecule has 1 unspecified atom stereocenters. The largest absolute Gasteiger partial charge is 0.389 e. The SMILES string of the molecule is CC(C)N1CCCC1C(C)(C)O. The van der Waals surface area contributed by atoms with Gasteiger partial charge in [0.05, 0.1) is 5.60 Å². The Bertz CT molecular complexity index is 148. The van der Waals surface area contributed by atoms with E-state index in [-0.39, 0.29) is 0 Å². The standard InChI is InChI=1S/C10H21NO/c1-8(2)11-7-5-6-9(11)10(3,4)12/h8-9,12H,5-7H2,1-4H3. The van der Waals surface area contributed by atoms with E-state index in [2.05, 4.69) is 18.7 Å². The van der Waals surface area contributed by atoms with Gasteiger partial charge in [-0.05, 0) is 47.1 Å². The van der Waals surface area contributed by atoms with Gasteiger partial charge in [-0.2, -0.15) is 0 Å². The van der Waals surface area contributed by atoms with Crippen LogP contribution in [0, 0.1) is 0 Å². The van der Waals surface area contributed by atoms with Crippen LogP contribution in [0.4, 0.5) is 0 Å². The van der Waals surface area contributed by atoms with Crippen LogP contribution < -0.4 is 0 Å².